The van der Waals surface area contributed by atoms with E-state index in [1.54, 1.807) is 0 Å². The molecule has 0 amide bonds. The molecule has 1 unspecified atom stereocenters. The highest BCUT2D eigenvalue weighted by atomic mass is 16.3. The smallest absolute Gasteiger partial charge is 0.133 e. The summed E-state index contributed by atoms with van der Waals surface area (Å²) in [4.78, 5) is 0. The van der Waals surface area contributed by atoms with Gasteiger partial charge in [0.25, 0.3) is 0 Å². The monoisotopic (exact) mass is 112 g/mol. The quantitative estimate of drug-likeness (QED) is 0.374. The molecule has 2 heteroatoms. The van der Waals surface area contributed by atoms with Crippen LogP contribution in [0.4, 0.5) is 0 Å². The van der Waals surface area contributed by atoms with Crippen molar-refractivity contribution in [3.63, 3.8) is 0 Å². The van der Waals surface area contributed by atoms with Crippen molar-refractivity contribution in [2.75, 3.05) is 6.61 Å². The molecule has 0 aromatic heterocycles. The molecule has 0 aromatic rings. The van der Waals surface area contributed by atoms with Gasteiger partial charge in [0.15, 0.2) is 0 Å². The van der Waals surface area contributed by atoms with E-state index in [1.165, 1.54) is 12.2 Å². The van der Waals surface area contributed by atoms with E-state index in [0.717, 1.165) is 0 Å². The van der Waals surface area contributed by atoms with Crippen LogP contribution in [0, 0.1) is 12.3 Å². The molecule has 0 heterocycles. The summed E-state index contributed by atoms with van der Waals surface area (Å²) in [5.74, 6) is 2.06. The summed E-state index contributed by atoms with van der Waals surface area (Å²) in [6, 6.07) is 0. The maximum absolute atomic E-state index is 8.56. The zero-order chi connectivity index (χ0) is 6.41. The molecule has 0 aliphatic carbocycles. The third-order valence-electron chi connectivity index (χ3n) is 0.595. The van der Waals surface area contributed by atoms with Gasteiger partial charge in [-0.15, -0.1) is 6.42 Å². The summed E-state index contributed by atoms with van der Waals surface area (Å²) < 4.78 is 0. The Morgan fingerprint density at radius 1 is 1.75 bits per heavy atom. The Hall–Kier alpha value is -0.780. The van der Waals surface area contributed by atoms with E-state index >= 15 is 0 Å². The molecule has 8 heavy (non-hydrogen) atoms. The minimum absolute atomic E-state index is 0.0846. The molecular formula is C6H8O2. The molecule has 0 rings (SSSR count). The average Bonchev–Trinajstić information content (AvgIpc) is 1.83. The zero-order valence-electron chi connectivity index (χ0n) is 4.41. The standard InChI is InChI=1S/C6H8O2/c1-2-6(8)4-3-5-7/h1,3-4,6-8H,5H2/b4-3+. The lowest BCUT2D eigenvalue weighted by atomic mass is 10.3. The van der Waals surface area contributed by atoms with Gasteiger partial charge in [0.1, 0.15) is 6.10 Å². The predicted octanol–water partition coefficient (Wildman–Crippen LogP) is -0.471. The first kappa shape index (κ1) is 7.22. The minimum atomic E-state index is -0.859. The minimum Gasteiger partial charge on any atom is -0.392 e. The first-order valence-corrected chi connectivity index (χ1v) is 2.23. The molecule has 44 valence electrons. The number of hydrogen-bond donors (Lipinski definition) is 2. The highest BCUT2D eigenvalue weighted by molar-refractivity contribution is 5.05. The summed E-state index contributed by atoms with van der Waals surface area (Å²) in [6.45, 7) is -0.0846. The van der Waals surface area contributed by atoms with Crippen LogP contribution >= 0.6 is 0 Å². The van der Waals surface area contributed by atoms with Crippen molar-refractivity contribution < 1.29 is 10.2 Å². The van der Waals surface area contributed by atoms with Crippen molar-refractivity contribution in [3.8, 4) is 12.3 Å². The first-order chi connectivity index (χ1) is 3.81. The first-order valence-electron chi connectivity index (χ1n) is 2.23. The van der Waals surface area contributed by atoms with Gasteiger partial charge in [-0.3, -0.25) is 0 Å². The fourth-order valence-electron chi connectivity index (χ4n) is 0.245. The molecule has 2 nitrogen and oxygen atoms in total. The maximum Gasteiger partial charge on any atom is 0.133 e. The van der Waals surface area contributed by atoms with Crippen LogP contribution in [0.1, 0.15) is 0 Å². The summed E-state index contributed by atoms with van der Waals surface area (Å²) in [6.07, 6.45) is 6.66. The van der Waals surface area contributed by atoms with Gasteiger partial charge in [0.2, 0.25) is 0 Å². The number of hydrogen-bond acceptors (Lipinski definition) is 2. The fourth-order valence-corrected chi connectivity index (χ4v) is 0.245. The highest BCUT2D eigenvalue weighted by Crippen LogP contribution is 1.79. The molecule has 0 radical (unpaired) electrons. The fraction of sp³-hybridized carbons (Fsp3) is 0.333. The largest absolute Gasteiger partial charge is 0.392 e. The van der Waals surface area contributed by atoms with E-state index in [9.17, 15) is 0 Å². The number of rotatable bonds is 2. The molecule has 1 atom stereocenters. The molecule has 0 saturated heterocycles. The van der Waals surface area contributed by atoms with Gasteiger partial charge in [-0.25, -0.2) is 0 Å². The average molecular weight is 112 g/mol. The van der Waals surface area contributed by atoms with Gasteiger partial charge >= 0.3 is 0 Å². The van der Waals surface area contributed by atoms with E-state index in [-0.39, 0.29) is 6.61 Å². The van der Waals surface area contributed by atoms with Crippen LogP contribution in [-0.2, 0) is 0 Å². The van der Waals surface area contributed by atoms with Gasteiger partial charge in [-0.1, -0.05) is 12.0 Å². The Bertz CT molecular complexity index is 110. The molecule has 0 spiro atoms. The van der Waals surface area contributed by atoms with E-state index in [2.05, 4.69) is 5.92 Å². The molecule has 0 bridgehead atoms. The second-order valence-electron chi connectivity index (χ2n) is 1.22. The number of aliphatic hydroxyl groups is 2. The van der Waals surface area contributed by atoms with E-state index in [0.29, 0.717) is 0 Å². The zero-order valence-corrected chi connectivity index (χ0v) is 4.41. The summed E-state index contributed by atoms with van der Waals surface area (Å²) in [5.41, 5.74) is 0. The third kappa shape index (κ3) is 3.41. The van der Waals surface area contributed by atoms with Crippen LogP contribution in [0.2, 0.25) is 0 Å². The SMILES string of the molecule is C#CC(O)/C=C/CO. The topological polar surface area (TPSA) is 40.5 Å². The van der Waals surface area contributed by atoms with Crippen molar-refractivity contribution in [3.05, 3.63) is 12.2 Å². The third-order valence-corrected chi connectivity index (χ3v) is 0.595. The lowest BCUT2D eigenvalue weighted by Gasteiger charge is -1.88. The van der Waals surface area contributed by atoms with Crippen molar-refractivity contribution in [1.29, 1.82) is 0 Å². The molecule has 0 aliphatic rings. The van der Waals surface area contributed by atoms with E-state index in [1.807, 2.05) is 0 Å². The lowest BCUT2D eigenvalue weighted by molar-refractivity contribution is 0.278. The Morgan fingerprint density at radius 2 is 2.38 bits per heavy atom. The summed E-state index contributed by atoms with van der Waals surface area (Å²) in [5, 5.41) is 16.7. The highest BCUT2D eigenvalue weighted by Gasteiger charge is 1.85. The lowest BCUT2D eigenvalue weighted by Crippen LogP contribution is -1.95. The van der Waals surface area contributed by atoms with Crippen molar-refractivity contribution >= 4 is 0 Å². The van der Waals surface area contributed by atoms with Crippen molar-refractivity contribution in [2.45, 2.75) is 6.10 Å². The molecule has 0 saturated carbocycles. The summed E-state index contributed by atoms with van der Waals surface area (Å²) in [7, 11) is 0. The van der Waals surface area contributed by atoms with Crippen LogP contribution in [0.25, 0.3) is 0 Å². The second-order valence-corrected chi connectivity index (χ2v) is 1.22. The van der Waals surface area contributed by atoms with E-state index < -0.39 is 6.10 Å². The van der Waals surface area contributed by atoms with Crippen LogP contribution in [-0.4, -0.2) is 22.9 Å². The molecule has 0 fully saturated rings. The second kappa shape index (κ2) is 4.38. The maximum atomic E-state index is 8.56. The predicted molar refractivity (Wildman–Crippen MR) is 31.1 cm³/mol. The molecule has 0 aliphatic heterocycles. The normalized spacial score (nSPS) is 13.6. The van der Waals surface area contributed by atoms with Gasteiger partial charge in [-0.2, -0.15) is 0 Å². The number of aliphatic hydroxyl groups excluding tert-OH is 2. The van der Waals surface area contributed by atoms with Crippen LogP contribution in [0.5, 0.6) is 0 Å². The van der Waals surface area contributed by atoms with Gasteiger partial charge < -0.3 is 10.2 Å². The molecule has 2 N–H and O–H groups in total. The Balaban J connectivity index is 3.40. The van der Waals surface area contributed by atoms with Crippen molar-refractivity contribution in [2.24, 2.45) is 0 Å². The van der Waals surface area contributed by atoms with Gasteiger partial charge in [-0.05, 0) is 6.08 Å². The Morgan fingerprint density at radius 3 is 2.75 bits per heavy atom. The van der Waals surface area contributed by atoms with Crippen molar-refractivity contribution in [1.82, 2.24) is 0 Å². The molecular weight excluding hydrogens is 104 g/mol. The number of terminal acetylenes is 1. The van der Waals surface area contributed by atoms with Gasteiger partial charge in [0, 0.05) is 0 Å². The van der Waals surface area contributed by atoms with Gasteiger partial charge in [0.05, 0.1) is 6.61 Å². The Labute approximate surface area is 48.5 Å². The van der Waals surface area contributed by atoms with Crippen LogP contribution < -0.4 is 0 Å². The Kier molecular flexibility index (Phi) is 3.95. The molecule has 0 aromatic carbocycles. The summed E-state index contributed by atoms with van der Waals surface area (Å²) >= 11 is 0. The van der Waals surface area contributed by atoms with Crippen LogP contribution in [0.15, 0.2) is 12.2 Å². The van der Waals surface area contributed by atoms with Crippen LogP contribution in [0.3, 0.4) is 0 Å². The van der Waals surface area contributed by atoms with E-state index in [4.69, 9.17) is 16.6 Å².